The maximum Gasteiger partial charge on any atom is 0.136 e. The standard InChI is InChI=1S/C13H23N3O/c1-9(2)6-11-7-12(14-4)16-13(15-11)10(3)8-17-5/h7,9-10H,6,8H2,1-5H3,(H,14,15,16). The van der Waals surface area contributed by atoms with Crippen molar-refractivity contribution in [1.29, 1.82) is 0 Å². The summed E-state index contributed by atoms with van der Waals surface area (Å²) >= 11 is 0. The fraction of sp³-hybridized carbons (Fsp3) is 0.692. The molecule has 1 unspecified atom stereocenters. The van der Waals surface area contributed by atoms with Gasteiger partial charge >= 0.3 is 0 Å². The Morgan fingerprint density at radius 2 is 2.00 bits per heavy atom. The van der Waals surface area contributed by atoms with Crippen LogP contribution in [0.15, 0.2) is 6.07 Å². The molecule has 0 radical (unpaired) electrons. The summed E-state index contributed by atoms with van der Waals surface area (Å²) in [6.07, 6.45) is 0.976. The molecular weight excluding hydrogens is 214 g/mol. The number of nitrogens with zero attached hydrogens (tertiary/aromatic N) is 2. The SMILES string of the molecule is CNc1cc(CC(C)C)nc(C(C)COC)n1. The van der Waals surface area contributed by atoms with Gasteiger partial charge < -0.3 is 10.1 Å². The molecule has 0 saturated carbocycles. The molecule has 4 nitrogen and oxygen atoms in total. The Morgan fingerprint density at radius 3 is 2.53 bits per heavy atom. The highest BCUT2D eigenvalue weighted by atomic mass is 16.5. The second-order valence-corrected chi connectivity index (χ2v) is 4.81. The van der Waals surface area contributed by atoms with Crippen LogP contribution < -0.4 is 5.32 Å². The van der Waals surface area contributed by atoms with E-state index in [2.05, 4.69) is 36.1 Å². The Hall–Kier alpha value is -1.16. The van der Waals surface area contributed by atoms with Gasteiger partial charge in [0.2, 0.25) is 0 Å². The van der Waals surface area contributed by atoms with Gasteiger partial charge in [0.15, 0.2) is 0 Å². The summed E-state index contributed by atoms with van der Waals surface area (Å²) < 4.78 is 5.15. The summed E-state index contributed by atoms with van der Waals surface area (Å²) in [6, 6.07) is 2.02. The van der Waals surface area contributed by atoms with E-state index in [1.807, 2.05) is 13.1 Å². The lowest BCUT2D eigenvalue weighted by Gasteiger charge is -2.13. The molecule has 0 saturated heterocycles. The van der Waals surface area contributed by atoms with E-state index in [0.29, 0.717) is 12.5 Å². The smallest absolute Gasteiger partial charge is 0.136 e. The molecule has 0 amide bonds. The van der Waals surface area contributed by atoms with Crippen LogP contribution in [-0.4, -0.2) is 30.7 Å². The second kappa shape index (κ2) is 6.55. The first-order chi connectivity index (χ1) is 8.06. The summed E-state index contributed by atoms with van der Waals surface area (Å²) in [4.78, 5) is 9.08. The Morgan fingerprint density at radius 1 is 1.29 bits per heavy atom. The molecule has 0 bridgehead atoms. The number of ether oxygens (including phenoxy) is 1. The maximum atomic E-state index is 5.15. The lowest BCUT2D eigenvalue weighted by Crippen LogP contribution is -2.11. The molecule has 1 aromatic heterocycles. The first-order valence-corrected chi connectivity index (χ1v) is 6.11. The molecule has 0 aliphatic heterocycles. The van der Waals surface area contributed by atoms with Crippen LogP contribution in [0.1, 0.15) is 38.2 Å². The number of methoxy groups -OCH3 is 1. The van der Waals surface area contributed by atoms with Crippen LogP contribution in [0.25, 0.3) is 0 Å². The van der Waals surface area contributed by atoms with Gasteiger partial charge in [-0.2, -0.15) is 0 Å². The molecule has 1 aromatic rings. The predicted molar refractivity (Wildman–Crippen MR) is 70.4 cm³/mol. The number of aromatic nitrogens is 2. The largest absolute Gasteiger partial charge is 0.384 e. The summed E-state index contributed by atoms with van der Waals surface area (Å²) in [7, 11) is 3.58. The minimum absolute atomic E-state index is 0.221. The third kappa shape index (κ3) is 4.30. The Kier molecular flexibility index (Phi) is 5.35. The highest BCUT2D eigenvalue weighted by Crippen LogP contribution is 2.16. The van der Waals surface area contributed by atoms with E-state index in [-0.39, 0.29) is 5.92 Å². The van der Waals surface area contributed by atoms with Crippen molar-refractivity contribution in [2.45, 2.75) is 33.1 Å². The number of hydrogen-bond donors (Lipinski definition) is 1. The lowest BCUT2D eigenvalue weighted by atomic mass is 10.1. The van der Waals surface area contributed by atoms with Crippen LogP contribution >= 0.6 is 0 Å². The van der Waals surface area contributed by atoms with Crippen LogP contribution in [0.4, 0.5) is 5.82 Å². The highest BCUT2D eigenvalue weighted by Gasteiger charge is 2.12. The van der Waals surface area contributed by atoms with Crippen molar-refractivity contribution >= 4 is 5.82 Å². The van der Waals surface area contributed by atoms with Crippen molar-refractivity contribution in [3.8, 4) is 0 Å². The van der Waals surface area contributed by atoms with Crippen LogP contribution in [-0.2, 0) is 11.2 Å². The third-order valence-corrected chi connectivity index (χ3v) is 2.53. The van der Waals surface area contributed by atoms with Gasteiger partial charge in [-0.25, -0.2) is 9.97 Å². The molecular formula is C13H23N3O. The van der Waals surface area contributed by atoms with E-state index < -0.39 is 0 Å². The molecule has 0 aliphatic rings. The number of nitrogens with one attached hydrogen (secondary N) is 1. The van der Waals surface area contributed by atoms with Crippen LogP contribution in [0.5, 0.6) is 0 Å². The second-order valence-electron chi connectivity index (χ2n) is 4.81. The highest BCUT2D eigenvalue weighted by molar-refractivity contribution is 5.35. The van der Waals surface area contributed by atoms with Crippen molar-refractivity contribution < 1.29 is 4.74 Å². The van der Waals surface area contributed by atoms with E-state index in [1.54, 1.807) is 7.11 Å². The molecule has 17 heavy (non-hydrogen) atoms. The fourth-order valence-electron chi connectivity index (χ4n) is 1.71. The zero-order chi connectivity index (χ0) is 12.8. The zero-order valence-electron chi connectivity index (χ0n) is 11.4. The minimum atomic E-state index is 0.221. The molecule has 96 valence electrons. The van der Waals surface area contributed by atoms with Gasteiger partial charge in [0.05, 0.1) is 6.61 Å². The van der Waals surface area contributed by atoms with Gasteiger partial charge in [0.25, 0.3) is 0 Å². The monoisotopic (exact) mass is 237 g/mol. The summed E-state index contributed by atoms with van der Waals surface area (Å²) in [5, 5.41) is 3.09. The molecule has 0 aliphatic carbocycles. The quantitative estimate of drug-likeness (QED) is 0.825. The number of rotatable bonds is 6. The van der Waals surface area contributed by atoms with Gasteiger partial charge in [-0.15, -0.1) is 0 Å². The van der Waals surface area contributed by atoms with E-state index in [1.165, 1.54) is 0 Å². The van der Waals surface area contributed by atoms with E-state index >= 15 is 0 Å². The average molecular weight is 237 g/mol. The Balaban J connectivity index is 2.96. The van der Waals surface area contributed by atoms with Crippen molar-refractivity contribution in [3.05, 3.63) is 17.6 Å². The molecule has 0 spiro atoms. The van der Waals surface area contributed by atoms with Gasteiger partial charge in [-0.05, 0) is 12.3 Å². The molecule has 1 atom stereocenters. The van der Waals surface area contributed by atoms with Gasteiger partial charge in [0, 0.05) is 31.8 Å². The van der Waals surface area contributed by atoms with Crippen LogP contribution in [0.3, 0.4) is 0 Å². The van der Waals surface area contributed by atoms with E-state index in [0.717, 1.165) is 23.8 Å². The van der Waals surface area contributed by atoms with Gasteiger partial charge in [-0.3, -0.25) is 0 Å². The number of anilines is 1. The minimum Gasteiger partial charge on any atom is -0.384 e. The van der Waals surface area contributed by atoms with E-state index in [9.17, 15) is 0 Å². The molecule has 1 rings (SSSR count). The molecule has 0 fully saturated rings. The Labute approximate surface area is 104 Å². The summed E-state index contributed by atoms with van der Waals surface area (Å²) in [5.41, 5.74) is 1.09. The number of hydrogen-bond acceptors (Lipinski definition) is 4. The van der Waals surface area contributed by atoms with E-state index in [4.69, 9.17) is 4.74 Å². The molecule has 4 heteroatoms. The molecule has 1 N–H and O–H groups in total. The maximum absolute atomic E-state index is 5.15. The lowest BCUT2D eigenvalue weighted by molar-refractivity contribution is 0.181. The molecule has 0 aromatic carbocycles. The predicted octanol–water partition coefficient (Wildman–Crippen LogP) is 2.47. The fourth-order valence-corrected chi connectivity index (χ4v) is 1.71. The average Bonchev–Trinajstić information content (AvgIpc) is 2.28. The summed E-state index contributed by atoms with van der Waals surface area (Å²) in [6.45, 7) is 7.12. The van der Waals surface area contributed by atoms with Crippen molar-refractivity contribution in [2.24, 2.45) is 5.92 Å². The third-order valence-electron chi connectivity index (χ3n) is 2.53. The van der Waals surface area contributed by atoms with Crippen LogP contribution in [0.2, 0.25) is 0 Å². The van der Waals surface area contributed by atoms with Crippen molar-refractivity contribution in [2.75, 3.05) is 26.1 Å². The zero-order valence-corrected chi connectivity index (χ0v) is 11.4. The molecule has 1 heterocycles. The topological polar surface area (TPSA) is 47.0 Å². The van der Waals surface area contributed by atoms with Crippen molar-refractivity contribution in [3.63, 3.8) is 0 Å². The normalized spacial score (nSPS) is 12.8. The summed E-state index contributed by atoms with van der Waals surface area (Å²) in [5.74, 6) is 2.56. The van der Waals surface area contributed by atoms with Crippen LogP contribution in [0, 0.1) is 5.92 Å². The van der Waals surface area contributed by atoms with Crippen molar-refractivity contribution in [1.82, 2.24) is 9.97 Å². The van der Waals surface area contributed by atoms with Gasteiger partial charge in [0.1, 0.15) is 11.6 Å². The Bertz CT molecular complexity index is 353. The van der Waals surface area contributed by atoms with Gasteiger partial charge in [-0.1, -0.05) is 20.8 Å². The first kappa shape index (κ1) is 13.9. The first-order valence-electron chi connectivity index (χ1n) is 6.11.